The van der Waals surface area contributed by atoms with Crippen molar-refractivity contribution < 1.29 is 22.7 Å². The van der Waals surface area contributed by atoms with Gasteiger partial charge in [-0.05, 0) is 43.3 Å². The fourth-order valence-electron chi connectivity index (χ4n) is 3.73. The smallest absolute Gasteiger partial charge is 0.265 e. The number of hydrogen-bond acceptors (Lipinski definition) is 6. The average Bonchev–Trinajstić information content (AvgIpc) is 2.79. The van der Waals surface area contributed by atoms with Gasteiger partial charge in [-0.15, -0.1) is 0 Å². The molecule has 10 heteroatoms. The van der Waals surface area contributed by atoms with Crippen molar-refractivity contribution in [3.05, 3.63) is 48.0 Å². The number of nitrogens with one attached hydrogen (secondary N) is 1. The minimum absolute atomic E-state index is 0.0770. The number of rotatable bonds is 4. The van der Waals surface area contributed by atoms with Crippen LogP contribution in [0.1, 0.15) is 17.3 Å². The van der Waals surface area contributed by atoms with E-state index in [1.54, 1.807) is 24.0 Å². The Morgan fingerprint density at radius 1 is 1.09 bits per heavy atom. The number of fused-ring (bicyclic) bond motifs is 1. The fraction of sp³-hybridized carbons (Fsp3) is 0.364. The van der Waals surface area contributed by atoms with Crippen LogP contribution in [0.5, 0.6) is 5.75 Å². The monoisotopic (exact) mass is 458 g/mol. The van der Waals surface area contributed by atoms with Crippen molar-refractivity contribution in [3.8, 4) is 5.75 Å². The number of carbonyl (C=O) groups excluding carboxylic acids is 2. The molecule has 4 rings (SSSR count). The molecule has 1 fully saturated rings. The summed E-state index contributed by atoms with van der Waals surface area (Å²) >= 11 is 0. The Kier molecular flexibility index (Phi) is 5.83. The highest BCUT2D eigenvalue weighted by molar-refractivity contribution is 7.89. The Hall–Kier alpha value is -3.11. The molecule has 2 heterocycles. The van der Waals surface area contributed by atoms with Crippen LogP contribution in [0.25, 0.3) is 0 Å². The normalized spacial score (nSPS) is 19.0. The third-order valence-electron chi connectivity index (χ3n) is 5.65. The van der Waals surface area contributed by atoms with E-state index in [-0.39, 0.29) is 29.8 Å². The standard InChI is InChI=1S/C22H26N4O5S/c1-15-21(27)23-19-14-18(7-8-20(19)31-15)32(29,30)26-11-9-25(10-12-26)22(28)16-5-4-6-17(13-16)24(2)3/h4-8,13-15H,9-12H2,1-3H3,(H,23,27)/t15-/m1/s1. The highest BCUT2D eigenvalue weighted by Gasteiger charge is 2.32. The molecular formula is C22H26N4O5S. The lowest BCUT2D eigenvalue weighted by molar-refractivity contribution is -0.122. The number of amides is 2. The quantitative estimate of drug-likeness (QED) is 0.748. The Balaban J connectivity index is 1.46. The van der Waals surface area contributed by atoms with Crippen LogP contribution in [0.15, 0.2) is 47.4 Å². The molecule has 170 valence electrons. The molecule has 9 nitrogen and oxygen atoms in total. The first-order valence-corrected chi connectivity index (χ1v) is 11.8. The van der Waals surface area contributed by atoms with Crippen LogP contribution in [0.2, 0.25) is 0 Å². The minimum atomic E-state index is -3.78. The predicted octanol–water partition coefficient (Wildman–Crippen LogP) is 1.62. The maximum absolute atomic E-state index is 13.1. The van der Waals surface area contributed by atoms with Crippen LogP contribution in [-0.2, 0) is 14.8 Å². The third-order valence-corrected chi connectivity index (χ3v) is 7.55. The molecule has 0 spiro atoms. The number of piperazine rings is 1. The summed E-state index contributed by atoms with van der Waals surface area (Å²) in [6.07, 6.45) is -0.631. The highest BCUT2D eigenvalue weighted by Crippen LogP contribution is 2.33. The Bertz CT molecular complexity index is 1160. The zero-order chi connectivity index (χ0) is 23.0. The Morgan fingerprint density at radius 3 is 2.50 bits per heavy atom. The third kappa shape index (κ3) is 4.15. The van der Waals surface area contributed by atoms with E-state index in [0.29, 0.717) is 30.1 Å². The van der Waals surface area contributed by atoms with Gasteiger partial charge >= 0.3 is 0 Å². The van der Waals surface area contributed by atoms with Crippen molar-refractivity contribution in [2.24, 2.45) is 0 Å². The molecule has 0 unspecified atom stereocenters. The minimum Gasteiger partial charge on any atom is -0.479 e. The zero-order valence-corrected chi connectivity index (χ0v) is 19.1. The van der Waals surface area contributed by atoms with E-state index in [4.69, 9.17) is 4.74 Å². The first-order valence-electron chi connectivity index (χ1n) is 10.4. The molecule has 2 aromatic carbocycles. The predicted molar refractivity (Wildman–Crippen MR) is 121 cm³/mol. The number of ether oxygens (including phenoxy) is 1. The van der Waals surface area contributed by atoms with Gasteiger partial charge in [0, 0.05) is 51.5 Å². The van der Waals surface area contributed by atoms with Gasteiger partial charge in [-0.3, -0.25) is 9.59 Å². The van der Waals surface area contributed by atoms with Crippen LogP contribution in [0.4, 0.5) is 11.4 Å². The summed E-state index contributed by atoms with van der Waals surface area (Å²) < 4.78 is 33.2. The van der Waals surface area contributed by atoms with Crippen molar-refractivity contribution in [2.75, 3.05) is 50.5 Å². The summed E-state index contributed by atoms with van der Waals surface area (Å²) in [6.45, 7) is 2.61. The maximum atomic E-state index is 13.1. The number of benzene rings is 2. The molecule has 32 heavy (non-hydrogen) atoms. The van der Waals surface area contributed by atoms with Crippen LogP contribution >= 0.6 is 0 Å². The second-order valence-electron chi connectivity index (χ2n) is 8.05. The van der Waals surface area contributed by atoms with Crippen LogP contribution in [0, 0.1) is 0 Å². The molecule has 1 N–H and O–H groups in total. The fourth-order valence-corrected chi connectivity index (χ4v) is 5.18. The van der Waals surface area contributed by atoms with Gasteiger partial charge < -0.3 is 19.9 Å². The van der Waals surface area contributed by atoms with Gasteiger partial charge in [0.25, 0.3) is 11.8 Å². The van der Waals surface area contributed by atoms with E-state index >= 15 is 0 Å². The average molecular weight is 459 g/mol. The lowest BCUT2D eigenvalue weighted by Gasteiger charge is -2.34. The van der Waals surface area contributed by atoms with Crippen molar-refractivity contribution in [1.82, 2.24) is 9.21 Å². The topological polar surface area (TPSA) is 99.3 Å². The van der Waals surface area contributed by atoms with Gasteiger partial charge in [-0.25, -0.2) is 8.42 Å². The maximum Gasteiger partial charge on any atom is 0.265 e. The van der Waals surface area contributed by atoms with Crippen LogP contribution < -0.4 is 15.0 Å². The van der Waals surface area contributed by atoms with Gasteiger partial charge in [0.2, 0.25) is 10.0 Å². The van der Waals surface area contributed by atoms with Gasteiger partial charge in [0.15, 0.2) is 6.10 Å². The van der Waals surface area contributed by atoms with E-state index in [1.165, 1.54) is 16.4 Å². The molecule has 0 radical (unpaired) electrons. The number of carbonyl (C=O) groups is 2. The number of sulfonamides is 1. The molecule has 0 aliphatic carbocycles. The van der Waals surface area contributed by atoms with E-state index < -0.39 is 16.1 Å². The van der Waals surface area contributed by atoms with Crippen molar-refractivity contribution in [3.63, 3.8) is 0 Å². The second kappa shape index (κ2) is 8.44. The summed E-state index contributed by atoms with van der Waals surface area (Å²) in [5.41, 5.74) is 1.84. The van der Waals surface area contributed by atoms with E-state index in [2.05, 4.69) is 5.32 Å². The van der Waals surface area contributed by atoms with Gasteiger partial charge in [-0.2, -0.15) is 4.31 Å². The molecule has 1 saturated heterocycles. The lowest BCUT2D eigenvalue weighted by Crippen LogP contribution is -2.50. The SMILES string of the molecule is C[C@H]1Oc2ccc(S(=O)(=O)N3CCN(C(=O)c4cccc(N(C)C)c4)CC3)cc2NC1=O. The summed E-state index contributed by atoms with van der Waals surface area (Å²) in [5, 5.41) is 2.67. The zero-order valence-electron chi connectivity index (χ0n) is 18.2. The van der Waals surface area contributed by atoms with Crippen molar-refractivity contribution >= 4 is 33.2 Å². The van der Waals surface area contributed by atoms with Crippen molar-refractivity contribution in [1.29, 1.82) is 0 Å². The molecule has 0 saturated carbocycles. The Labute approximate surface area is 187 Å². The summed E-state index contributed by atoms with van der Waals surface area (Å²) in [4.78, 5) is 28.4. The van der Waals surface area contributed by atoms with Crippen molar-refractivity contribution in [2.45, 2.75) is 17.9 Å². The largest absolute Gasteiger partial charge is 0.479 e. The van der Waals surface area contributed by atoms with Gasteiger partial charge in [-0.1, -0.05) is 6.07 Å². The molecule has 0 bridgehead atoms. The molecule has 1 atom stereocenters. The molecule has 2 amide bonds. The Morgan fingerprint density at radius 2 is 1.81 bits per heavy atom. The summed E-state index contributed by atoms with van der Waals surface area (Å²) in [7, 11) is 0.0412. The molecule has 2 aliphatic heterocycles. The molecular weight excluding hydrogens is 432 g/mol. The molecule has 2 aliphatic rings. The number of anilines is 2. The van der Waals surface area contributed by atoms with E-state index in [1.807, 2.05) is 37.2 Å². The van der Waals surface area contributed by atoms with Crippen LogP contribution in [0.3, 0.4) is 0 Å². The summed E-state index contributed by atoms with van der Waals surface area (Å²) in [5.74, 6) is -0.00237. The number of nitrogens with zero attached hydrogens (tertiary/aromatic N) is 3. The lowest BCUT2D eigenvalue weighted by atomic mass is 10.1. The highest BCUT2D eigenvalue weighted by atomic mass is 32.2. The molecule has 2 aromatic rings. The first-order chi connectivity index (χ1) is 15.2. The summed E-state index contributed by atoms with van der Waals surface area (Å²) in [6, 6.07) is 11.8. The van der Waals surface area contributed by atoms with E-state index in [9.17, 15) is 18.0 Å². The number of hydrogen-bond donors (Lipinski definition) is 1. The van der Waals surface area contributed by atoms with Gasteiger partial charge in [0.05, 0.1) is 10.6 Å². The second-order valence-corrected chi connectivity index (χ2v) is 9.99. The first kappa shape index (κ1) is 22.1. The van der Waals surface area contributed by atoms with Crippen LogP contribution in [-0.4, -0.2) is 75.8 Å². The van der Waals surface area contributed by atoms with Gasteiger partial charge in [0.1, 0.15) is 5.75 Å². The van der Waals surface area contributed by atoms with E-state index in [0.717, 1.165) is 5.69 Å². The molecule has 0 aromatic heterocycles.